The topological polar surface area (TPSA) is 14.1 Å². The maximum atomic E-state index is 4.59. The normalized spacial score (nSPS) is 26.8. The molecule has 1 aromatic carbocycles. The predicted molar refractivity (Wildman–Crippen MR) is 51.2 cm³/mol. The van der Waals surface area contributed by atoms with Crippen LogP contribution in [0, 0.1) is 5.92 Å². The van der Waals surface area contributed by atoms with Gasteiger partial charge in [0, 0.05) is 0 Å². The quantitative estimate of drug-likeness (QED) is 0.572. The zero-order valence-corrected chi connectivity index (χ0v) is 11.5. The van der Waals surface area contributed by atoms with Gasteiger partial charge < -0.3 is 5.32 Å². The molecule has 0 N–H and O–H groups in total. The summed E-state index contributed by atoms with van der Waals surface area (Å²) >= 11 is 0. The summed E-state index contributed by atoms with van der Waals surface area (Å²) in [7, 11) is 0. The van der Waals surface area contributed by atoms with Crippen molar-refractivity contribution in [3.05, 3.63) is 41.2 Å². The second kappa shape index (κ2) is 5.64. The standard InChI is InChI=1S/C11H14N.K/c1-9-7-8-12-11(9)10-5-3-2-4-6-10;/h2-6,9,11H,7-8H2,1H3;/q-1;+1. The van der Waals surface area contributed by atoms with Gasteiger partial charge in [-0.15, -0.1) is 12.6 Å². The number of rotatable bonds is 1. The van der Waals surface area contributed by atoms with Crippen LogP contribution in [0.4, 0.5) is 0 Å². The monoisotopic (exact) mass is 199 g/mol. The van der Waals surface area contributed by atoms with Crippen molar-refractivity contribution >= 4 is 0 Å². The average Bonchev–Trinajstić information content (AvgIpc) is 2.53. The molecule has 1 heterocycles. The summed E-state index contributed by atoms with van der Waals surface area (Å²) in [5.41, 5.74) is 1.38. The Morgan fingerprint density at radius 3 is 2.46 bits per heavy atom. The number of nitrogens with zero attached hydrogens (tertiary/aromatic N) is 1. The third kappa shape index (κ3) is 2.88. The maximum absolute atomic E-state index is 4.59. The number of hydrogen-bond acceptors (Lipinski definition) is 0. The summed E-state index contributed by atoms with van der Waals surface area (Å²) in [5, 5.41) is 4.59. The molecule has 0 radical (unpaired) electrons. The van der Waals surface area contributed by atoms with Crippen molar-refractivity contribution in [3.8, 4) is 0 Å². The van der Waals surface area contributed by atoms with Crippen LogP contribution in [0.15, 0.2) is 30.3 Å². The zero-order chi connectivity index (χ0) is 8.39. The first-order valence-corrected chi connectivity index (χ1v) is 4.59. The third-order valence-corrected chi connectivity index (χ3v) is 2.59. The molecule has 1 nitrogen and oxygen atoms in total. The summed E-state index contributed by atoms with van der Waals surface area (Å²) < 4.78 is 0. The van der Waals surface area contributed by atoms with Gasteiger partial charge in [0.25, 0.3) is 0 Å². The molecule has 0 spiro atoms. The summed E-state index contributed by atoms with van der Waals surface area (Å²) in [6.07, 6.45) is 1.25. The second-order valence-corrected chi connectivity index (χ2v) is 3.53. The SMILES string of the molecule is CC1CC[N-]C1c1ccccc1.[K+]. The third-order valence-electron chi connectivity index (χ3n) is 2.59. The number of hydrogen-bond donors (Lipinski definition) is 0. The van der Waals surface area contributed by atoms with E-state index in [-0.39, 0.29) is 51.4 Å². The Balaban J connectivity index is 0.000000845. The molecule has 1 fully saturated rings. The largest absolute Gasteiger partial charge is 1.00 e. The molecule has 0 aliphatic carbocycles. The Labute approximate surface area is 123 Å². The van der Waals surface area contributed by atoms with E-state index >= 15 is 0 Å². The zero-order valence-electron chi connectivity index (χ0n) is 8.40. The molecule has 1 saturated heterocycles. The van der Waals surface area contributed by atoms with E-state index < -0.39 is 0 Å². The van der Waals surface area contributed by atoms with E-state index in [1.165, 1.54) is 12.0 Å². The fourth-order valence-electron chi connectivity index (χ4n) is 1.84. The van der Waals surface area contributed by atoms with Crippen LogP contribution in [0.1, 0.15) is 24.9 Å². The van der Waals surface area contributed by atoms with Crippen LogP contribution in [0.2, 0.25) is 0 Å². The summed E-state index contributed by atoms with van der Waals surface area (Å²) in [6.45, 7) is 3.33. The van der Waals surface area contributed by atoms with Crippen LogP contribution < -0.4 is 51.4 Å². The van der Waals surface area contributed by atoms with E-state index in [0.29, 0.717) is 6.04 Å². The minimum atomic E-state index is 0. The first-order chi connectivity index (χ1) is 5.88. The average molecular weight is 199 g/mol. The summed E-state index contributed by atoms with van der Waals surface area (Å²) in [5.74, 6) is 0.729. The molecule has 1 aliphatic rings. The van der Waals surface area contributed by atoms with Gasteiger partial charge in [-0.3, -0.25) is 0 Å². The van der Waals surface area contributed by atoms with Gasteiger partial charge in [-0.05, 0) is 0 Å². The molecular weight excluding hydrogens is 185 g/mol. The van der Waals surface area contributed by atoms with Gasteiger partial charge >= 0.3 is 51.4 Å². The summed E-state index contributed by atoms with van der Waals surface area (Å²) in [6, 6.07) is 11.1. The second-order valence-electron chi connectivity index (χ2n) is 3.53. The van der Waals surface area contributed by atoms with Gasteiger partial charge in [-0.1, -0.05) is 55.2 Å². The van der Waals surface area contributed by atoms with Gasteiger partial charge in [0.05, 0.1) is 0 Å². The van der Waals surface area contributed by atoms with Crippen LogP contribution in [0.25, 0.3) is 5.32 Å². The van der Waals surface area contributed by atoms with Crippen LogP contribution in [0.5, 0.6) is 0 Å². The Kier molecular flexibility index (Phi) is 5.16. The molecule has 0 amide bonds. The molecule has 2 unspecified atom stereocenters. The van der Waals surface area contributed by atoms with E-state index in [1.54, 1.807) is 0 Å². The van der Waals surface area contributed by atoms with E-state index in [9.17, 15) is 0 Å². The van der Waals surface area contributed by atoms with Gasteiger partial charge in [0.2, 0.25) is 0 Å². The Morgan fingerprint density at radius 2 is 1.92 bits per heavy atom. The number of benzene rings is 1. The molecular formula is C11H14KN. The minimum absolute atomic E-state index is 0. The molecule has 0 saturated carbocycles. The molecule has 1 aromatic rings. The minimum Gasteiger partial charge on any atom is -0.655 e. The van der Waals surface area contributed by atoms with Crippen molar-refractivity contribution in [1.29, 1.82) is 0 Å². The predicted octanol–water partition coefficient (Wildman–Crippen LogP) is 0.145. The van der Waals surface area contributed by atoms with Crippen LogP contribution in [-0.2, 0) is 0 Å². The van der Waals surface area contributed by atoms with Gasteiger partial charge in [-0.25, -0.2) is 0 Å². The Hall–Kier alpha value is 0.816. The molecule has 0 bridgehead atoms. The molecule has 2 heteroatoms. The van der Waals surface area contributed by atoms with E-state index in [1.807, 2.05) is 0 Å². The van der Waals surface area contributed by atoms with Crippen LogP contribution in [-0.4, -0.2) is 6.54 Å². The summed E-state index contributed by atoms with van der Waals surface area (Å²) in [4.78, 5) is 0. The van der Waals surface area contributed by atoms with E-state index in [0.717, 1.165) is 12.5 Å². The van der Waals surface area contributed by atoms with Crippen molar-refractivity contribution < 1.29 is 51.4 Å². The molecule has 0 aromatic heterocycles. The molecule has 64 valence electrons. The van der Waals surface area contributed by atoms with E-state index in [2.05, 4.69) is 42.6 Å². The molecule has 2 rings (SSSR count). The Morgan fingerprint density at radius 1 is 1.23 bits per heavy atom. The Bertz CT molecular complexity index is 248. The first-order valence-electron chi connectivity index (χ1n) is 4.59. The van der Waals surface area contributed by atoms with Crippen molar-refractivity contribution in [2.75, 3.05) is 6.54 Å². The molecule has 1 aliphatic heterocycles. The van der Waals surface area contributed by atoms with Gasteiger partial charge in [0.15, 0.2) is 0 Å². The fourth-order valence-corrected chi connectivity index (χ4v) is 1.84. The van der Waals surface area contributed by atoms with Crippen LogP contribution in [0.3, 0.4) is 0 Å². The maximum Gasteiger partial charge on any atom is 1.00 e. The van der Waals surface area contributed by atoms with Crippen molar-refractivity contribution in [1.82, 2.24) is 0 Å². The molecule has 2 atom stereocenters. The van der Waals surface area contributed by atoms with Crippen molar-refractivity contribution in [2.45, 2.75) is 19.4 Å². The van der Waals surface area contributed by atoms with Gasteiger partial charge in [0.1, 0.15) is 0 Å². The first kappa shape index (κ1) is 11.9. The molecule has 13 heavy (non-hydrogen) atoms. The van der Waals surface area contributed by atoms with Crippen molar-refractivity contribution in [3.63, 3.8) is 0 Å². The van der Waals surface area contributed by atoms with Crippen molar-refractivity contribution in [2.24, 2.45) is 5.92 Å². The fraction of sp³-hybridized carbons (Fsp3) is 0.455. The van der Waals surface area contributed by atoms with Crippen LogP contribution >= 0.6 is 0 Å². The van der Waals surface area contributed by atoms with E-state index in [4.69, 9.17) is 0 Å². The smallest absolute Gasteiger partial charge is 0.655 e. The van der Waals surface area contributed by atoms with Gasteiger partial charge in [-0.2, -0.15) is 0 Å².